The van der Waals surface area contributed by atoms with E-state index in [2.05, 4.69) is 20.8 Å². The summed E-state index contributed by atoms with van der Waals surface area (Å²) in [4.78, 5) is 0. The highest BCUT2D eigenvalue weighted by atomic mass is 32.2. The van der Waals surface area contributed by atoms with Gasteiger partial charge >= 0.3 is 0 Å². The molecular weight excluding hydrogens is 220 g/mol. The Morgan fingerprint density at radius 2 is 2.06 bits per heavy atom. The van der Waals surface area contributed by atoms with E-state index in [9.17, 15) is 5.11 Å². The van der Waals surface area contributed by atoms with Crippen molar-refractivity contribution in [1.82, 2.24) is 0 Å². The van der Waals surface area contributed by atoms with Gasteiger partial charge in [-0.05, 0) is 31.6 Å². The van der Waals surface area contributed by atoms with Crippen LogP contribution >= 0.6 is 11.8 Å². The molecule has 5 atom stereocenters. The number of aliphatic hydroxyl groups excluding tert-OH is 1. The summed E-state index contributed by atoms with van der Waals surface area (Å²) in [6.45, 7) is 8.76. The molecule has 0 radical (unpaired) electrons. The third-order valence-corrected chi connectivity index (χ3v) is 5.72. The van der Waals surface area contributed by atoms with Crippen LogP contribution in [-0.2, 0) is 4.74 Å². The van der Waals surface area contributed by atoms with E-state index in [4.69, 9.17) is 4.74 Å². The molecule has 2 fully saturated rings. The molecule has 16 heavy (non-hydrogen) atoms. The number of hydrogen-bond acceptors (Lipinski definition) is 3. The lowest BCUT2D eigenvalue weighted by Gasteiger charge is -2.50. The van der Waals surface area contributed by atoms with Gasteiger partial charge in [-0.2, -0.15) is 0 Å². The van der Waals surface area contributed by atoms with Crippen LogP contribution in [0, 0.1) is 11.8 Å². The number of thioether (sulfide) groups is 1. The van der Waals surface area contributed by atoms with Gasteiger partial charge in [0.2, 0.25) is 0 Å². The van der Waals surface area contributed by atoms with Crippen LogP contribution in [0.1, 0.15) is 47.0 Å². The van der Waals surface area contributed by atoms with Crippen LogP contribution in [0.4, 0.5) is 0 Å². The summed E-state index contributed by atoms with van der Waals surface area (Å²) in [7, 11) is 0. The Bertz CT molecular complexity index is 252. The zero-order chi connectivity index (χ0) is 11.9. The van der Waals surface area contributed by atoms with Crippen molar-refractivity contribution in [3.05, 3.63) is 0 Å². The second kappa shape index (κ2) is 4.51. The Morgan fingerprint density at radius 3 is 2.69 bits per heavy atom. The maximum absolute atomic E-state index is 9.72. The molecule has 0 amide bonds. The van der Waals surface area contributed by atoms with Crippen LogP contribution in [-0.4, -0.2) is 27.5 Å². The standard InChI is InChI=1S/C13H24O2S/c1-8-5-6-10-11(7-8)15-12(9(2)14)16-13(10,3)4/h8-12,14H,5-7H2,1-4H3/t8-,9-,10-,11-,12-/m0/s1. The van der Waals surface area contributed by atoms with E-state index in [1.165, 1.54) is 12.8 Å². The summed E-state index contributed by atoms with van der Waals surface area (Å²) in [6.07, 6.45) is 3.76. The van der Waals surface area contributed by atoms with Crippen molar-refractivity contribution in [2.45, 2.75) is 69.3 Å². The predicted octanol–water partition coefficient (Wildman–Crippen LogP) is 3.04. The molecule has 1 saturated heterocycles. The Kier molecular flexibility index (Phi) is 3.58. The largest absolute Gasteiger partial charge is 0.390 e. The quantitative estimate of drug-likeness (QED) is 0.769. The van der Waals surface area contributed by atoms with E-state index in [-0.39, 0.29) is 16.3 Å². The molecule has 0 aromatic heterocycles. The monoisotopic (exact) mass is 244 g/mol. The molecule has 2 nitrogen and oxygen atoms in total. The minimum Gasteiger partial charge on any atom is -0.390 e. The average molecular weight is 244 g/mol. The van der Waals surface area contributed by atoms with Crippen molar-refractivity contribution in [3.8, 4) is 0 Å². The molecule has 1 saturated carbocycles. The van der Waals surface area contributed by atoms with Gasteiger partial charge in [0.15, 0.2) is 0 Å². The van der Waals surface area contributed by atoms with Crippen LogP contribution in [0.5, 0.6) is 0 Å². The number of rotatable bonds is 1. The Balaban J connectivity index is 2.12. The number of ether oxygens (including phenoxy) is 1. The molecule has 2 aliphatic rings. The lowest BCUT2D eigenvalue weighted by Crippen LogP contribution is -2.51. The SMILES string of the molecule is C[C@H]1CC[C@H]2[C@H](C1)O[C@H]([C@H](C)O)SC2(C)C. The highest BCUT2D eigenvalue weighted by Crippen LogP contribution is 2.50. The molecule has 0 spiro atoms. The van der Waals surface area contributed by atoms with E-state index >= 15 is 0 Å². The molecular formula is C13H24O2S. The Morgan fingerprint density at radius 1 is 1.38 bits per heavy atom. The summed E-state index contributed by atoms with van der Waals surface area (Å²) in [6, 6.07) is 0. The molecule has 0 aromatic carbocycles. The molecule has 1 aliphatic heterocycles. The highest BCUT2D eigenvalue weighted by Gasteiger charge is 2.47. The van der Waals surface area contributed by atoms with Crippen LogP contribution in [0.25, 0.3) is 0 Å². The van der Waals surface area contributed by atoms with Gasteiger partial charge in [-0.3, -0.25) is 0 Å². The maximum Gasteiger partial charge on any atom is 0.129 e. The summed E-state index contributed by atoms with van der Waals surface area (Å²) in [5, 5.41) is 9.72. The van der Waals surface area contributed by atoms with Crippen molar-refractivity contribution in [2.75, 3.05) is 0 Å². The van der Waals surface area contributed by atoms with E-state index in [0.29, 0.717) is 12.0 Å². The van der Waals surface area contributed by atoms with E-state index in [1.807, 2.05) is 18.7 Å². The Labute approximate surface area is 103 Å². The first kappa shape index (κ1) is 12.7. The zero-order valence-electron chi connectivity index (χ0n) is 10.8. The van der Waals surface area contributed by atoms with Gasteiger partial charge in [-0.25, -0.2) is 0 Å². The fourth-order valence-electron chi connectivity index (χ4n) is 3.07. The van der Waals surface area contributed by atoms with Gasteiger partial charge in [0, 0.05) is 4.75 Å². The number of fused-ring (bicyclic) bond motifs is 1. The van der Waals surface area contributed by atoms with Crippen molar-refractivity contribution in [2.24, 2.45) is 11.8 Å². The maximum atomic E-state index is 9.72. The van der Waals surface area contributed by atoms with Gasteiger partial charge in [-0.1, -0.05) is 27.2 Å². The van der Waals surface area contributed by atoms with Gasteiger partial charge in [0.25, 0.3) is 0 Å². The fourth-order valence-corrected chi connectivity index (χ4v) is 4.51. The first-order chi connectivity index (χ1) is 7.40. The van der Waals surface area contributed by atoms with Crippen LogP contribution < -0.4 is 0 Å². The molecule has 0 bridgehead atoms. The summed E-state index contributed by atoms with van der Waals surface area (Å²) in [5.74, 6) is 1.43. The second-order valence-electron chi connectivity index (χ2n) is 6.03. The van der Waals surface area contributed by atoms with Gasteiger partial charge < -0.3 is 9.84 Å². The van der Waals surface area contributed by atoms with Gasteiger partial charge in [0.1, 0.15) is 5.44 Å². The molecule has 0 unspecified atom stereocenters. The summed E-state index contributed by atoms with van der Waals surface area (Å²) in [5.41, 5.74) is -0.0402. The van der Waals surface area contributed by atoms with Gasteiger partial charge in [-0.15, -0.1) is 11.8 Å². The summed E-state index contributed by atoms with van der Waals surface area (Å²) >= 11 is 1.81. The van der Waals surface area contributed by atoms with Crippen molar-refractivity contribution >= 4 is 11.8 Å². The number of hydrogen-bond donors (Lipinski definition) is 1. The molecule has 1 aliphatic carbocycles. The average Bonchev–Trinajstić information content (AvgIpc) is 2.15. The first-order valence-electron chi connectivity index (χ1n) is 6.41. The van der Waals surface area contributed by atoms with Crippen molar-refractivity contribution < 1.29 is 9.84 Å². The van der Waals surface area contributed by atoms with Crippen LogP contribution in [0.3, 0.4) is 0 Å². The predicted molar refractivity (Wildman–Crippen MR) is 68.5 cm³/mol. The minimum absolute atomic E-state index is 0.0402. The lowest BCUT2D eigenvalue weighted by molar-refractivity contribution is -0.0890. The fraction of sp³-hybridized carbons (Fsp3) is 1.00. The Hall–Kier alpha value is 0.270. The van der Waals surface area contributed by atoms with E-state index in [1.54, 1.807) is 0 Å². The lowest BCUT2D eigenvalue weighted by atomic mass is 9.75. The smallest absolute Gasteiger partial charge is 0.129 e. The third kappa shape index (κ3) is 2.41. The van der Waals surface area contributed by atoms with Crippen molar-refractivity contribution in [1.29, 1.82) is 0 Å². The molecule has 2 rings (SSSR count). The van der Waals surface area contributed by atoms with Gasteiger partial charge in [0.05, 0.1) is 12.2 Å². The highest BCUT2D eigenvalue weighted by molar-refractivity contribution is 8.01. The molecule has 1 N–H and O–H groups in total. The summed E-state index contributed by atoms with van der Waals surface area (Å²) < 4.78 is 6.31. The number of aliphatic hydroxyl groups is 1. The third-order valence-electron chi connectivity index (χ3n) is 4.07. The van der Waals surface area contributed by atoms with Crippen LogP contribution in [0.15, 0.2) is 0 Å². The minimum atomic E-state index is -0.373. The van der Waals surface area contributed by atoms with Crippen molar-refractivity contribution in [3.63, 3.8) is 0 Å². The normalized spacial score (nSPS) is 44.8. The second-order valence-corrected chi connectivity index (χ2v) is 7.78. The van der Waals surface area contributed by atoms with Crippen LogP contribution in [0.2, 0.25) is 0 Å². The topological polar surface area (TPSA) is 29.5 Å². The first-order valence-corrected chi connectivity index (χ1v) is 7.29. The molecule has 94 valence electrons. The molecule has 1 heterocycles. The molecule has 0 aromatic rings. The van der Waals surface area contributed by atoms with E-state index in [0.717, 1.165) is 12.3 Å². The zero-order valence-corrected chi connectivity index (χ0v) is 11.6. The van der Waals surface area contributed by atoms with E-state index < -0.39 is 0 Å². The molecule has 3 heteroatoms.